The second-order valence-electron chi connectivity index (χ2n) is 7.87. The van der Waals surface area contributed by atoms with E-state index in [2.05, 4.69) is 11.8 Å². The summed E-state index contributed by atoms with van der Waals surface area (Å²) in [6, 6.07) is 9.73. The van der Waals surface area contributed by atoms with E-state index in [9.17, 15) is 19.5 Å². The number of likely N-dealkylation sites (N-methyl/N-ethyl adjacent to an activating group) is 1. The van der Waals surface area contributed by atoms with Crippen molar-refractivity contribution in [2.24, 2.45) is 0 Å². The maximum absolute atomic E-state index is 13.2. The van der Waals surface area contributed by atoms with Crippen molar-refractivity contribution in [1.82, 2.24) is 9.80 Å². The summed E-state index contributed by atoms with van der Waals surface area (Å²) in [7, 11) is 0. The molecule has 1 aromatic rings. The van der Waals surface area contributed by atoms with Gasteiger partial charge in [-0.25, -0.2) is 9.59 Å². The first-order valence-corrected chi connectivity index (χ1v) is 10.8. The van der Waals surface area contributed by atoms with Crippen LogP contribution in [0.5, 0.6) is 0 Å². The predicted octanol–water partition coefficient (Wildman–Crippen LogP) is 2.24. The van der Waals surface area contributed by atoms with Gasteiger partial charge in [0.25, 0.3) is 5.91 Å². The van der Waals surface area contributed by atoms with Crippen LogP contribution >= 0.6 is 0 Å². The third-order valence-corrected chi connectivity index (χ3v) is 5.73. The number of rotatable bonds is 6. The molecule has 0 bridgehead atoms. The Morgan fingerprint density at radius 2 is 1.58 bits per heavy atom. The van der Waals surface area contributed by atoms with E-state index >= 15 is 0 Å². The minimum Gasteiger partial charge on any atom is -0.478 e. The number of carbonyl (C=O) groups excluding carboxylic acids is 1. The Morgan fingerprint density at radius 3 is 2.06 bits per heavy atom. The van der Waals surface area contributed by atoms with Crippen LogP contribution in [0.3, 0.4) is 0 Å². The summed E-state index contributed by atoms with van der Waals surface area (Å²) in [4.78, 5) is 36.5. The molecule has 1 amide bonds. The number of benzene rings is 1. The number of aliphatic carboxylic acids is 2. The first-order valence-electron chi connectivity index (χ1n) is 10.8. The largest absolute Gasteiger partial charge is 0.478 e. The van der Waals surface area contributed by atoms with E-state index < -0.39 is 18.0 Å². The van der Waals surface area contributed by atoms with E-state index in [4.69, 9.17) is 10.2 Å². The average molecular weight is 433 g/mol. The van der Waals surface area contributed by atoms with Crippen molar-refractivity contribution in [3.05, 3.63) is 48.0 Å². The number of nitrogens with zero attached hydrogens (tertiary/aromatic N) is 2. The van der Waals surface area contributed by atoms with Crippen LogP contribution in [0.2, 0.25) is 0 Å². The number of carboxylic acid groups (broad SMARTS) is 2. The Labute approximate surface area is 182 Å². The molecular formula is C23H32N2O6. The number of amides is 1. The quantitative estimate of drug-likeness (QED) is 0.590. The van der Waals surface area contributed by atoms with Crippen molar-refractivity contribution in [3.8, 4) is 0 Å². The Hall–Kier alpha value is -2.71. The molecule has 3 N–H and O–H groups in total. The molecule has 0 spiro atoms. The molecule has 1 aliphatic carbocycles. The van der Waals surface area contributed by atoms with Crippen molar-refractivity contribution < 1.29 is 29.7 Å². The van der Waals surface area contributed by atoms with E-state index in [1.165, 1.54) is 19.3 Å². The zero-order valence-corrected chi connectivity index (χ0v) is 17.9. The molecule has 31 heavy (non-hydrogen) atoms. The molecule has 0 aromatic heterocycles. The van der Waals surface area contributed by atoms with Gasteiger partial charge < -0.3 is 20.2 Å². The Bertz CT molecular complexity index is 745. The van der Waals surface area contributed by atoms with Crippen LogP contribution in [0.25, 0.3) is 0 Å². The third-order valence-electron chi connectivity index (χ3n) is 5.73. The number of hydrogen-bond donors (Lipinski definition) is 3. The van der Waals surface area contributed by atoms with Gasteiger partial charge in [-0.05, 0) is 31.5 Å². The number of carboxylic acids is 2. The third kappa shape index (κ3) is 7.48. The monoisotopic (exact) mass is 432 g/mol. The van der Waals surface area contributed by atoms with Gasteiger partial charge in [0.2, 0.25) is 0 Å². The number of aliphatic hydroxyl groups is 1. The highest BCUT2D eigenvalue weighted by Gasteiger charge is 2.40. The van der Waals surface area contributed by atoms with Gasteiger partial charge in [0, 0.05) is 36.8 Å². The lowest BCUT2D eigenvalue weighted by Gasteiger charge is -2.39. The number of β-amino-alcohol motifs (C(OH)–C–C–N with tert-alkyl or cyclic N) is 1. The van der Waals surface area contributed by atoms with Crippen molar-refractivity contribution in [1.29, 1.82) is 0 Å². The molecule has 2 aliphatic rings. The summed E-state index contributed by atoms with van der Waals surface area (Å²) in [6.07, 6.45) is 6.43. The molecule has 3 rings (SSSR count). The van der Waals surface area contributed by atoms with E-state index in [0.717, 1.165) is 31.5 Å². The van der Waals surface area contributed by atoms with Gasteiger partial charge in [0.05, 0.1) is 12.1 Å². The molecule has 8 nitrogen and oxygen atoms in total. The van der Waals surface area contributed by atoms with Crippen LogP contribution in [-0.4, -0.2) is 80.8 Å². The van der Waals surface area contributed by atoms with Crippen molar-refractivity contribution >= 4 is 17.8 Å². The molecule has 1 aliphatic heterocycles. The van der Waals surface area contributed by atoms with E-state index in [0.29, 0.717) is 18.7 Å². The summed E-state index contributed by atoms with van der Waals surface area (Å²) >= 11 is 0. The molecule has 1 saturated heterocycles. The standard InChI is InChI=1S/C19H28N2O2.C4H4O4/c1-2-20-13-17(18(22)14-20)21(16-11-7-4-8-12-16)19(23)15-9-5-3-6-10-15;5-3(6)1-2-4(7)8/h3,5-6,9-10,16-18,22H,2,4,7-8,11-14H2,1H3;1-2H,(H,5,6)(H,7,8)/b;2-1+/t17-,18-;/m1./s1. The van der Waals surface area contributed by atoms with Crippen LogP contribution in [0.1, 0.15) is 49.4 Å². The van der Waals surface area contributed by atoms with E-state index in [1.54, 1.807) is 0 Å². The Morgan fingerprint density at radius 1 is 1.00 bits per heavy atom. The molecule has 1 aromatic carbocycles. The van der Waals surface area contributed by atoms with Crippen LogP contribution < -0.4 is 0 Å². The molecule has 2 fully saturated rings. The average Bonchev–Trinajstić information content (AvgIpc) is 3.14. The Balaban J connectivity index is 0.000000366. The van der Waals surface area contributed by atoms with Crippen molar-refractivity contribution in [2.45, 2.75) is 57.2 Å². The lowest BCUT2D eigenvalue weighted by Crippen LogP contribution is -2.52. The Kier molecular flexibility index (Phi) is 9.68. The van der Waals surface area contributed by atoms with Gasteiger partial charge in [-0.15, -0.1) is 0 Å². The highest BCUT2D eigenvalue weighted by atomic mass is 16.4. The zero-order valence-electron chi connectivity index (χ0n) is 17.9. The minimum atomic E-state index is -1.26. The van der Waals surface area contributed by atoms with Gasteiger partial charge >= 0.3 is 11.9 Å². The van der Waals surface area contributed by atoms with Gasteiger partial charge in [-0.3, -0.25) is 9.69 Å². The highest BCUT2D eigenvalue weighted by Crippen LogP contribution is 2.29. The summed E-state index contributed by atoms with van der Waals surface area (Å²) in [5, 5.41) is 26.2. The summed E-state index contributed by atoms with van der Waals surface area (Å²) in [5.74, 6) is -2.43. The fourth-order valence-electron chi connectivity index (χ4n) is 4.20. The summed E-state index contributed by atoms with van der Waals surface area (Å²) in [5.41, 5.74) is 0.736. The van der Waals surface area contributed by atoms with Gasteiger partial charge in [0.15, 0.2) is 0 Å². The molecule has 1 saturated carbocycles. The number of aliphatic hydroxyl groups excluding tert-OH is 1. The molecule has 170 valence electrons. The molecule has 1 heterocycles. The number of hydrogen-bond acceptors (Lipinski definition) is 5. The van der Waals surface area contributed by atoms with Crippen LogP contribution in [-0.2, 0) is 9.59 Å². The van der Waals surface area contributed by atoms with E-state index in [-0.39, 0.29) is 18.0 Å². The minimum absolute atomic E-state index is 0.0780. The smallest absolute Gasteiger partial charge is 0.328 e. The second kappa shape index (κ2) is 12.2. The topological polar surface area (TPSA) is 118 Å². The summed E-state index contributed by atoms with van der Waals surface area (Å²) in [6.45, 7) is 4.49. The lowest BCUT2D eigenvalue weighted by atomic mass is 9.92. The summed E-state index contributed by atoms with van der Waals surface area (Å²) < 4.78 is 0. The maximum atomic E-state index is 13.2. The van der Waals surface area contributed by atoms with Crippen LogP contribution in [0.15, 0.2) is 42.5 Å². The second-order valence-corrected chi connectivity index (χ2v) is 7.87. The van der Waals surface area contributed by atoms with Crippen LogP contribution in [0.4, 0.5) is 0 Å². The zero-order chi connectivity index (χ0) is 22.8. The first kappa shape index (κ1) is 24.6. The predicted molar refractivity (Wildman–Crippen MR) is 116 cm³/mol. The van der Waals surface area contributed by atoms with Crippen molar-refractivity contribution in [2.75, 3.05) is 19.6 Å². The number of carbonyl (C=O) groups is 3. The normalized spacial score (nSPS) is 22.0. The van der Waals surface area contributed by atoms with Gasteiger partial charge in [0.1, 0.15) is 0 Å². The lowest BCUT2D eigenvalue weighted by molar-refractivity contribution is -0.134. The van der Waals surface area contributed by atoms with Crippen molar-refractivity contribution in [3.63, 3.8) is 0 Å². The molecule has 0 unspecified atom stereocenters. The first-order chi connectivity index (χ1) is 14.8. The highest BCUT2D eigenvalue weighted by molar-refractivity contribution is 5.94. The molecule has 0 radical (unpaired) electrons. The maximum Gasteiger partial charge on any atom is 0.328 e. The SMILES string of the molecule is CCN1C[C@@H](O)[C@H](N(C(=O)c2ccccc2)C2CCCCC2)C1.O=C(O)/C=C/C(=O)O. The fraction of sp³-hybridized carbons (Fsp3) is 0.522. The van der Waals surface area contributed by atoms with E-state index in [1.807, 2.05) is 35.2 Å². The fourth-order valence-corrected chi connectivity index (χ4v) is 4.20. The molecule has 2 atom stereocenters. The van der Waals surface area contributed by atoms with Gasteiger partial charge in [-0.1, -0.05) is 44.4 Å². The number of likely N-dealkylation sites (tertiary alicyclic amines) is 1. The molecular weight excluding hydrogens is 400 g/mol. The van der Waals surface area contributed by atoms with Gasteiger partial charge in [-0.2, -0.15) is 0 Å². The molecule has 8 heteroatoms. The van der Waals surface area contributed by atoms with Crippen LogP contribution in [0, 0.1) is 0 Å².